The molecular weight excluding hydrogens is 490 g/mol. The summed E-state index contributed by atoms with van der Waals surface area (Å²) in [6.45, 7) is 0. The van der Waals surface area contributed by atoms with E-state index >= 15 is 0 Å². The normalized spacial score (nSPS) is 11.7. The smallest absolute Gasteiger partial charge is 0.138 e. The monoisotopic (exact) mass is 492 g/mol. The third kappa shape index (κ3) is 1.74. The predicted octanol–water partition coefficient (Wildman–Crippen LogP) is 4.85. The van der Waals surface area contributed by atoms with Crippen molar-refractivity contribution in [2.24, 2.45) is 0 Å². The van der Waals surface area contributed by atoms with Crippen LogP contribution in [0.4, 0.5) is 0 Å². The van der Waals surface area contributed by atoms with Crippen LogP contribution in [0.2, 0.25) is 0 Å². The number of halogens is 2. The maximum atomic E-state index is 9.12. The van der Waals surface area contributed by atoms with Crippen LogP contribution in [0.3, 0.4) is 0 Å². The van der Waals surface area contributed by atoms with Crippen molar-refractivity contribution in [3.63, 3.8) is 0 Å². The van der Waals surface area contributed by atoms with Gasteiger partial charge in [-0.2, -0.15) is 10.5 Å². The molecule has 0 N–H and O–H groups in total. The Hall–Kier alpha value is -0.420. The first kappa shape index (κ1) is 12.6. The van der Waals surface area contributed by atoms with Crippen LogP contribution in [0, 0.1) is 28.4 Å². The third-order valence-corrected chi connectivity index (χ3v) is 6.58. The minimum absolute atomic E-state index is 0.207. The van der Waals surface area contributed by atoms with Gasteiger partial charge in [0.25, 0.3) is 0 Å². The summed E-state index contributed by atoms with van der Waals surface area (Å²) in [6, 6.07) is 8.15. The first-order chi connectivity index (χ1) is 8.65. The van der Waals surface area contributed by atoms with Crippen LogP contribution < -0.4 is 0 Å². The van der Waals surface area contributed by atoms with Crippen LogP contribution in [0.15, 0.2) is 17.7 Å². The highest BCUT2D eigenvalue weighted by Crippen LogP contribution is 2.53. The van der Waals surface area contributed by atoms with Crippen molar-refractivity contribution in [3.05, 3.63) is 34.6 Å². The average Bonchev–Trinajstić information content (AvgIpc) is 2.94. The molecule has 0 spiro atoms. The molecule has 6 heteroatoms. The van der Waals surface area contributed by atoms with E-state index in [1.807, 2.05) is 12.1 Å². The summed E-state index contributed by atoms with van der Waals surface area (Å²) < 4.78 is 2.36. The number of hydrogen-bond acceptors (Lipinski definition) is 4. The lowest BCUT2D eigenvalue weighted by Gasteiger charge is -1.97. The highest BCUT2D eigenvalue weighted by molar-refractivity contribution is 14.1. The molecule has 0 saturated carbocycles. The van der Waals surface area contributed by atoms with E-state index in [2.05, 4.69) is 57.3 Å². The zero-order valence-electron chi connectivity index (χ0n) is 8.62. The van der Waals surface area contributed by atoms with Gasteiger partial charge < -0.3 is 0 Å². The fourth-order valence-electron chi connectivity index (χ4n) is 1.98. The van der Waals surface area contributed by atoms with Gasteiger partial charge in [-0.1, -0.05) is 0 Å². The van der Waals surface area contributed by atoms with Crippen molar-refractivity contribution in [2.45, 2.75) is 0 Å². The van der Waals surface area contributed by atoms with Gasteiger partial charge in [0.1, 0.15) is 17.7 Å². The van der Waals surface area contributed by atoms with Crippen molar-refractivity contribution in [1.82, 2.24) is 0 Å². The molecule has 2 aromatic rings. The molecule has 1 aliphatic rings. The Labute approximate surface area is 139 Å². The Kier molecular flexibility index (Phi) is 3.22. The maximum Gasteiger partial charge on any atom is 0.138 e. The van der Waals surface area contributed by atoms with E-state index in [0.717, 1.165) is 16.7 Å². The summed E-state index contributed by atoms with van der Waals surface area (Å²) in [5, 5.41) is 18.2. The minimum atomic E-state index is 0.207. The zero-order valence-corrected chi connectivity index (χ0v) is 14.6. The second-order valence-corrected chi connectivity index (χ2v) is 9.45. The Morgan fingerprint density at radius 1 is 0.944 bits per heavy atom. The standard InChI is InChI=1S/C12H2I2N2S2/c13-8-1-6-10(5(3-15)4-16)7-2-9(14)18-12(7)11(6)17-8/h1-2H. The van der Waals surface area contributed by atoms with Gasteiger partial charge in [-0.25, -0.2) is 0 Å². The van der Waals surface area contributed by atoms with Crippen LogP contribution >= 0.6 is 67.9 Å². The summed E-state index contributed by atoms with van der Waals surface area (Å²) in [5.41, 5.74) is 3.10. The Balaban J connectivity index is 2.44. The summed E-state index contributed by atoms with van der Waals surface area (Å²) in [4.78, 5) is 2.39. The molecule has 0 radical (unpaired) electrons. The minimum Gasteiger partial charge on any atom is -0.192 e. The fourth-order valence-corrected chi connectivity index (χ4v) is 5.87. The summed E-state index contributed by atoms with van der Waals surface area (Å²) in [5.74, 6) is 0. The maximum absolute atomic E-state index is 9.12. The van der Waals surface area contributed by atoms with E-state index < -0.39 is 0 Å². The Bertz CT molecular complexity index is 720. The summed E-state index contributed by atoms with van der Waals surface area (Å²) >= 11 is 7.99. The van der Waals surface area contributed by atoms with Crippen LogP contribution in [0.25, 0.3) is 15.3 Å². The van der Waals surface area contributed by atoms with Gasteiger partial charge >= 0.3 is 0 Å². The van der Waals surface area contributed by atoms with Gasteiger partial charge in [-0.05, 0) is 57.3 Å². The molecule has 2 heterocycles. The average molecular weight is 492 g/mol. The van der Waals surface area contributed by atoms with Crippen LogP contribution in [0.1, 0.15) is 11.1 Å². The first-order valence-corrected chi connectivity index (χ1v) is 8.59. The second-order valence-electron chi connectivity index (χ2n) is 3.56. The zero-order chi connectivity index (χ0) is 12.9. The number of hydrogen-bond donors (Lipinski definition) is 0. The molecule has 0 aromatic carbocycles. The molecule has 2 aromatic heterocycles. The molecule has 0 aliphatic heterocycles. The van der Waals surface area contributed by atoms with Gasteiger partial charge in [0.05, 0.1) is 15.5 Å². The molecule has 2 nitrogen and oxygen atoms in total. The predicted molar refractivity (Wildman–Crippen MR) is 90.3 cm³/mol. The summed E-state index contributed by atoms with van der Waals surface area (Å²) in [7, 11) is 0. The molecule has 0 atom stereocenters. The number of nitrogens with zero attached hydrogens (tertiary/aromatic N) is 2. The van der Waals surface area contributed by atoms with Crippen molar-refractivity contribution < 1.29 is 0 Å². The van der Waals surface area contributed by atoms with Gasteiger partial charge in [0.2, 0.25) is 0 Å². The number of thiophene rings is 2. The molecule has 18 heavy (non-hydrogen) atoms. The Morgan fingerprint density at radius 2 is 1.39 bits per heavy atom. The molecular formula is C12H2I2N2S2. The number of allylic oxidation sites excluding steroid dienone is 1. The Morgan fingerprint density at radius 3 is 1.78 bits per heavy atom. The highest BCUT2D eigenvalue weighted by atomic mass is 127. The van der Waals surface area contributed by atoms with E-state index in [0.29, 0.717) is 0 Å². The second kappa shape index (κ2) is 4.60. The van der Waals surface area contributed by atoms with Crippen molar-refractivity contribution in [2.75, 3.05) is 0 Å². The SMILES string of the molecule is N#CC(C#N)=C1c2cc(I)sc2-c2sc(I)cc21. The largest absolute Gasteiger partial charge is 0.192 e. The number of rotatable bonds is 0. The summed E-state index contributed by atoms with van der Waals surface area (Å²) in [6.07, 6.45) is 0. The highest BCUT2D eigenvalue weighted by Gasteiger charge is 2.30. The van der Waals surface area contributed by atoms with Gasteiger partial charge in [0.15, 0.2) is 0 Å². The topological polar surface area (TPSA) is 47.6 Å². The van der Waals surface area contributed by atoms with Gasteiger partial charge in [-0.15, -0.1) is 22.7 Å². The van der Waals surface area contributed by atoms with Gasteiger partial charge in [-0.3, -0.25) is 0 Å². The number of nitriles is 2. The first-order valence-electron chi connectivity index (χ1n) is 4.80. The van der Waals surface area contributed by atoms with Crippen LogP contribution in [-0.4, -0.2) is 0 Å². The van der Waals surface area contributed by atoms with Crippen molar-refractivity contribution >= 4 is 73.4 Å². The molecule has 1 aliphatic carbocycles. The molecule has 0 bridgehead atoms. The van der Waals surface area contributed by atoms with Crippen LogP contribution in [0.5, 0.6) is 0 Å². The van der Waals surface area contributed by atoms with Gasteiger partial charge in [0, 0.05) is 16.7 Å². The van der Waals surface area contributed by atoms with E-state index in [4.69, 9.17) is 10.5 Å². The van der Waals surface area contributed by atoms with Crippen LogP contribution in [-0.2, 0) is 0 Å². The molecule has 0 unspecified atom stereocenters. The number of fused-ring (bicyclic) bond motifs is 3. The molecule has 0 saturated heterocycles. The van der Waals surface area contributed by atoms with E-state index in [-0.39, 0.29) is 5.57 Å². The third-order valence-electron chi connectivity index (χ3n) is 2.62. The van der Waals surface area contributed by atoms with E-state index in [9.17, 15) is 0 Å². The molecule has 0 fully saturated rings. The molecule has 86 valence electrons. The van der Waals surface area contributed by atoms with Crippen molar-refractivity contribution in [1.29, 1.82) is 10.5 Å². The molecule has 3 rings (SSSR count). The van der Waals surface area contributed by atoms with E-state index in [1.165, 1.54) is 15.5 Å². The molecule has 0 amide bonds. The quantitative estimate of drug-likeness (QED) is 0.333. The lowest BCUT2D eigenvalue weighted by Crippen LogP contribution is -1.85. The van der Waals surface area contributed by atoms with E-state index in [1.54, 1.807) is 22.7 Å². The van der Waals surface area contributed by atoms with Crippen molar-refractivity contribution in [3.8, 4) is 21.9 Å². The fraction of sp³-hybridized carbons (Fsp3) is 0. The lowest BCUT2D eigenvalue weighted by molar-refractivity contribution is 1.46. The lowest BCUT2D eigenvalue weighted by atomic mass is 10.0.